The number of para-hydroxylation sites is 1. The van der Waals surface area contributed by atoms with Crippen molar-refractivity contribution in [3.63, 3.8) is 0 Å². The third kappa shape index (κ3) is 3.21. The van der Waals surface area contributed by atoms with Crippen LogP contribution in [0, 0.1) is 0 Å². The largest absolute Gasteiger partial charge is 0.378 e. The van der Waals surface area contributed by atoms with Gasteiger partial charge in [0.15, 0.2) is 0 Å². The fourth-order valence-electron chi connectivity index (χ4n) is 2.21. The molecule has 2 rings (SSSR count). The smallest absolute Gasteiger partial charge is 0.0792 e. The van der Waals surface area contributed by atoms with Gasteiger partial charge in [0, 0.05) is 16.7 Å². The highest BCUT2D eigenvalue weighted by Gasteiger charge is 2.28. The van der Waals surface area contributed by atoms with Gasteiger partial charge in [-0.25, -0.2) is 0 Å². The fourth-order valence-corrected chi connectivity index (χ4v) is 2.61. The highest BCUT2D eigenvalue weighted by Crippen LogP contribution is 2.26. The van der Waals surface area contributed by atoms with Gasteiger partial charge in [0.1, 0.15) is 0 Å². The van der Waals surface area contributed by atoms with Crippen LogP contribution in [-0.2, 0) is 4.74 Å². The van der Waals surface area contributed by atoms with Gasteiger partial charge in [-0.05, 0) is 47.8 Å². The molecule has 0 aliphatic carbocycles. The molecule has 0 bridgehead atoms. The summed E-state index contributed by atoms with van der Waals surface area (Å²) in [5.74, 6) is 0. The van der Waals surface area contributed by atoms with Crippen molar-refractivity contribution in [3.8, 4) is 0 Å². The molecule has 1 saturated heterocycles. The van der Waals surface area contributed by atoms with Gasteiger partial charge in [-0.2, -0.15) is 0 Å². The Morgan fingerprint density at radius 2 is 2.24 bits per heavy atom. The monoisotopic (exact) mass is 298 g/mol. The number of hydrogen-bond acceptors (Lipinski definition) is 3. The van der Waals surface area contributed by atoms with Crippen molar-refractivity contribution in [1.29, 1.82) is 0 Å². The standard InChI is InChI=1S/C13H19BrN2O/c1-9-6-7-13(17-9)12(8-15)16-11-5-3-2-4-10(11)14/h2-5,9,12-13,16H,6-8,15H2,1H3. The first-order valence-corrected chi connectivity index (χ1v) is 6.86. The fraction of sp³-hybridized carbons (Fsp3) is 0.538. The van der Waals surface area contributed by atoms with Gasteiger partial charge < -0.3 is 15.8 Å². The van der Waals surface area contributed by atoms with E-state index in [1.807, 2.05) is 24.3 Å². The van der Waals surface area contributed by atoms with Crippen molar-refractivity contribution in [3.05, 3.63) is 28.7 Å². The maximum absolute atomic E-state index is 5.87. The van der Waals surface area contributed by atoms with E-state index in [1.54, 1.807) is 0 Å². The number of nitrogens with one attached hydrogen (secondary N) is 1. The molecule has 4 heteroatoms. The zero-order chi connectivity index (χ0) is 12.3. The van der Waals surface area contributed by atoms with Crippen LogP contribution in [-0.4, -0.2) is 24.8 Å². The third-order valence-corrected chi connectivity index (χ3v) is 3.87. The number of benzene rings is 1. The van der Waals surface area contributed by atoms with Crippen molar-refractivity contribution in [1.82, 2.24) is 0 Å². The molecule has 0 amide bonds. The lowest BCUT2D eigenvalue weighted by Gasteiger charge is -2.25. The molecule has 1 heterocycles. The van der Waals surface area contributed by atoms with Crippen molar-refractivity contribution in [2.24, 2.45) is 5.73 Å². The second-order valence-electron chi connectivity index (χ2n) is 4.53. The summed E-state index contributed by atoms with van der Waals surface area (Å²) < 4.78 is 6.93. The molecule has 0 spiro atoms. The van der Waals surface area contributed by atoms with E-state index in [9.17, 15) is 0 Å². The maximum Gasteiger partial charge on any atom is 0.0792 e. The number of anilines is 1. The number of hydrogen-bond donors (Lipinski definition) is 2. The maximum atomic E-state index is 5.87. The number of nitrogens with two attached hydrogens (primary N) is 1. The Labute approximate surface area is 111 Å². The number of halogens is 1. The minimum atomic E-state index is 0.179. The summed E-state index contributed by atoms with van der Waals surface area (Å²) in [7, 11) is 0. The Bertz CT molecular complexity index is 372. The number of rotatable bonds is 4. The Morgan fingerprint density at radius 1 is 1.47 bits per heavy atom. The van der Waals surface area contributed by atoms with E-state index in [0.717, 1.165) is 23.0 Å². The van der Waals surface area contributed by atoms with Crippen molar-refractivity contribution >= 4 is 21.6 Å². The van der Waals surface area contributed by atoms with E-state index in [0.29, 0.717) is 12.6 Å². The molecule has 3 atom stereocenters. The van der Waals surface area contributed by atoms with Crippen LogP contribution in [0.4, 0.5) is 5.69 Å². The lowest BCUT2D eigenvalue weighted by Crippen LogP contribution is -2.40. The first kappa shape index (κ1) is 12.9. The predicted molar refractivity (Wildman–Crippen MR) is 74.2 cm³/mol. The molecular weight excluding hydrogens is 280 g/mol. The van der Waals surface area contributed by atoms with Gasteiger partial charge in [0.2, 0.25) is 0 Å². The van der Waals surface area contributed by atoms with E-state index in [2.05, 4.69) is 28.2 Å². The second kappa shape index (κ2) is 5.85. The summed E-state index contributed by atoms with van der Waals surface area (Å²) in [6.07, 6.45) is 2.79. The van der Waals surface area contributed by atoms with Gasteiger partial charge in [0.05, 0.1) is 18.2 Å². The molecule has 1 aliphatic heterocycles. The summed E-state index contributed by atoms with van der Waals surface area (Å²) in [6.45, 7) is 2.70. The van der Waals surface area contributed by atoms with Crippen LogP contribution < -0.4 is 11.1 Å². The van der Waals surface area contributed by atoms with Crippen LogP contribution in [0.3, 0.4) is 0 Å². The quantitative estimate of drug-likeness (QED) is 0.898. The molecule has 1 aromatic carbocycles. The molecule has 1 aliphatic rings. The predicted octanol–water partition coefficient (Wildman–Crippen LogP) is 2.76. The Kier molecular flexibility index (Phi) is 4.42. The average molecular weight is 299 g/mol. The lowest BCUT2D eigenvalue weighted by molar-refractivity contribution is 0.0460. The number of ether oxygens (including phenoxy) is 1. The molecule has 0 radical (unpaired) electrons. The minimum absolute atomic E-state index is 0.179. The summed E-state index contributed by atoms with van der Waals surface area (Å²) >= 11 is 3.53. The minimum Gasteiger partial charge on any atom is -0.378 e. The Hall–Kier alpha value is -0.580. The summed E-state index contributed by atoms with van der Waals surface area (Å²) in [6, 6.07) is 8.26. The van der Waals surface area contributed by atoms with Gasteiger partial charge in [-0.15, -0.1) is 0 Å². The van der Waals surface area contributed by atoms with E-state index in [4.69, 9.17) is 10.5 Å². The molecule has 94 valence electrons. The van der Waals surface area contributed by atoms with Gasteiger partial charge in [-0.3, -0.25) is 0 Å². The SMILES string of the molecule is CC1CCC(C(CN)Nc2ccccc2Br)O1. The highest BCUT2D eigenvalue weighted by molar-refractivity contribution is 9.10. The summed E-state index contributed by atoms with van der Waals surface area (Å²) in [4.78, 5) is 0. The van der Waals surface area contributed by atoms with Crippen LogP contribution in [0.5, 0.6) is 0 Å². The van der Waals surface area contributed by atoms with Crippen molar-refractivity contribution < 1.29 is 4.74 Å². The molecule has 0 saturated carbocycles. The van der Waals surface area contributed by atoms with Crippen molar-refractivity contribution in [2.75, 3.05) is 11.9 Å². The van der Waals surface area contributed by atoms with Gasteiger partial charge in [-0.1, -0.05) is 12.1 Å². The third-order valence-electron chi connectivity index (χ3n) is 3.18. The van der Waals surface area contributed by atoms with Crippen LogP contribution >= 0.6 is 15.9 Å². The van der Waals surface area contributed by atoms with Gasteiger partial charge in [0.25, 0.3) is 0 Å². The lowest BCUT2D eigenvalue weighted by atomic mass is 10.1. The van der Waals surface area contributed by atoms with Crippen LogP contribution in [0.2, 0.25) is 0 Å². The van der Waals surface area contributed by atoms with Crippen LogP contribution in [0.15, 0.2) is 28.7 Å². The second-order valence-corrected chi connectivity index (χ2v) is 5.38. The highest BCUT2D eigenvalue weighted by atomic mass is 79.9. The Morgan fingerprint density at radius 3 is 2.82 bits per heavy atom. The first-order valence-electron chi connectivity index (χ1n) is 6.07. The molecule has 1 aromatic rings. The molecule has 17 heavy (non-hydrogen) atoms. The average Bonchev–Trinajstić information content (AvgIpc) is 2.75. The zero-order valence-electron chi connectivity index (χ0n) is 10.0. The molecule has 3 N–H and O–H groups in total. The normalized spacial score (nSPS) is 25.8. The van der Waals surface area contributed by atoms with E-state index >= 15 is 0 Å². The molecule has 1 fully saturated rings. The molecule has 3 unspecified atom stereocenters. The van der Waals surface area contributed by atoms with Crippen molar-refractivity contribution in [2.45, 2.75) is 38.0 Å². The Balaban J connectivity index is 2.03. The summed E-state index contributed by atoms with van der Waals surface area (Å²) in [5.41, 5.74) is 6.91. The zero-order valence-corrected chi connectivity index (χ0v) is 11.6. The van der Waals surface area contributed by atoms with Gasteiger partial charge >= 0.3 is 0 Å². The van der Waals surface area contributed by atoms with E-state index < -0.39 is 0 Å². The van der Waals surface area contributed by atoms with Crippen LogP contribution in [0.25, 0.3) is 0 Å². The molecular formula is C13H19BrN2O. The molecule has 0 aromatic heterocycles. The molecule has 3 nitrogen and oxygen atoms in total. The van der Waals surface area contributed by atoms with Crippen LogP contribution in [0.1, 0.15) is 19.8 Å². The topological polar surface area (TPSA) is 47.3 Å². The summed E-state index contributed by atoms with van der Waals surface area (Å²) in [5, 5.41) is 3.46. The first-order chi connectivity index (χ1) is 8.20. The van der Waals surface area contributed by atoms with E-state index in [1.165, 1.54) is 0 Å². The van der Waals surface area contributed by atoms with E-state index in [-0.39, 0.29) is 12.1 Å².